The third kappa shape index (κ3) is 3.82. The fraction of sp³-hybridized carbons (Fsp3) is 0.400. The molecule has 0 saturated carbocycles. The van der Waals surface area contributed by atoms with E-state index in [2.05, 4.69) is 15.4 Å². The lowest BCUT2D eigenvalue weighted by Crippen LogP contribution is -2.37. The molecule has 0 aliphatic carbocycles. The molecule has 0 bridgehead atoms. The zero-order chi connectivity index (χ0) is 19.5. The second-order valence-electron chi connectivity index (χ2n) is 7.09. The molecule has 0 radical (unpaired) electrons. The van der Waals surface area contributed by atoms with Crippen LogP contribution in [0.15, 0.2) is 39.3 Å². The summed E-state index contributed by atoms with van der Waals surface area (Å²) in [6.07, 6.45) is 2.18. The predicted octanol–water partition coefficient (Wildman–Crippen LogP) is 2.75. The number of nitrogens with zero attached hydrogens (tertiary/aromatic N) is 5. The lowest BCUT2D eigenvalue weighted by Gasteiger charge is -2.19. The van der Waals surface area contributed by atoms with Crippen LogP contribution in [0.4, 0.5) is 0 Å². The first-order valence-corrected chi connectivity index (χ1v) is 9.42. The Morgan fingerprint density at radius 1 is 1.18 bits per heavy atom. The van der Waals surface area contributed by atoms with E-state index in [0.29, 0.717) is 41.9 Å². The van der Waals surface area contributed by atoms with Crippen molar-refractivity contribution in [3.63, 3.8) is 0 Å². The van der Waals surface area contributed by atoms with Crippen LogP contribution in [0.3, 0.4) is 0 Å². The van der Waals surface area contributed by atoms with E-state index in [9.17, 15) is 4.79 Å². The summed E-state index contributed by atoms with van der Waals surface area (Å²) in [6.45, 7) is 4.26. The summed E-state index contributed by atoms with van der Waals surface area (Å²) in [5.74, 6) is 1.57. The Morgan fingerprint density at radius 3 is 2.68 bits per heavy atom. The Labute approximate surface area is 163 Å². The number of rotatable bonds is 6. The van der Waals surface area contributed by atoms with Gasteiger partial charge in [0.25, 0.3) is 5.89 Å². The van der Waals surface area contributed by atoms with E-state index in [1.54, 1.807) is 0 Å². The molecule has 146 valence electrons. The number of carbonyl (C=O) groups is 1. The van der Waals surface area contributed by atoms with Gasteiger partial charge in [0.2, 0.25) is 11.8 Å². The van der Waals surface area contributed by atoms with Crippen LogP contribution in [0.1, 0.15) is 24.5 Å². The number of aromatic nitrogens is 3. The van der Waals surface area contributed by atoms with Crippen LogP contribution in [-0.2, 0) is 11.3 Å². The molecule has 4 rings (SSSR count). The van der Waals surface area contributed by atoms with Crippen molar-refractivity contribution in [1.82, 2.24) is 25.2 Å². The minimum absolute atomic E-state index is 0.140. The highest BCUT2D eigenvalue weighted by molar-refractivity contribution is 5.78. The number of likely N-dealkylation sites (N-methyl/N-ethyl adjacent to an activating group) is 1. The van der Waals surface area contributed by atoms with Gasteiger partial charge in [0.1, 0.15) is 17.0 Å². The molecule has 2 aromatic heterocycles. The van der Waals surface area contributed by atoms with Gasteiger partial charge >= 0.3 is 0 Å². The Bertz CT molecular complexity index is 944. The van der Waals surface area contributed by atoms with Crippen molar-refractivity contribution in [1.29, 1.82) is 0 Å². The SMILES string of the molecule is Cc1onc(-c2ccccc2)c1-c1nnc(CN(C)CC(=O)N2CCCC2)o1. The number of aryl methyl sites for hydroxylation is 1. The number of hydrogen-bond acceptors (Lipinski definition) is 7. The van der Waals surface area contributed by atoms with Gasteiger partial charge in [0.05, 0.1) is 13.1 Å². The first-order valence-electron chi connectivity index (χ1n) is 9.42. The lowest BCUT2D eigenvalue weighted by molar-refractivity contribution is -0.131. The average molecular weight is 381 g/mol. The highest BCUT2D eigenvalue weighted by Gasteiger charge is 2.23. The molecular weight excluding hydrogens is 358 g/mol. The first-order chi connectivity index (χ1) is 13.6. The summed E-state index contributed by atoms with van der Waals surface area (Å²) >= 11 is 0. The van der Waals surface area contributed by atoms with Gasteiger partial charge in [-0.2, -0.15) is 0 Å². The third-order valence-corrected chi connectivity index (χ3v) is 4.86. The molecule has 1 fully saturated rings. The summed E-state index contributed by atoms with van der Waals surface area (Å²) in [6, 6.07) is 9.73. The van der Waals surface area contributed by atoms with Crippen molar-refractivity contribution in [3.8, 4) is 22.7 Å². The summed E-state index contributed by atoms with van der Waals surface area (Å²) in [5.41, 5.74) is 2.29. The summed E-state index contributed by atoms with van der Waals surface area (Å²) in [5, 5.41) is 12.5. The molecule has 1 amide bonds. The van der Waals surface area contributed by atoms with Gasteiger partial charge in [-0.15, -0.1) is 10.2 Å². The zero-order valence-corrected chi connectivity index (χ0v) is 16.1. The minimum Gasteiger partial charge on any atom is -0.419 e. The van der Waals surface area contributed by atoms with Crippen molar-refractivity contribution >= 4 is 5.91 Å². The molecule has 3 heterocycles. The maximum absolute atomic E-state index is 12.3. The van der Waals surface area contributed by atoms with Gasteiger partial charge in [-0.1, -0.05) is 35.5 Å². The van der Waals surface area contributed by atoms with Crippen molar-refractivity contribution in [3.05, 3.63) is 42.0 Å². The molecule has 8 nitrogen and oxygen atoms in total. The van der Waals surface area contributed by atoms with Crippen molar-refractivity contribution < 1.29 is 13.7 Å². The van der Waals surface area contributed by atoms with Crippen LogP contribution in [0, 0.1) is 6.92 Å². The normalized spacial score (nSPS) is 14.2. The average Bonchev–Trinajstić information content (AvgIpc) is 3.43. The summed E-state index contributed by atoms with van der Waals surface area (Å²) in [4.78, 5) is 16.1. The number of amides is 1. The molecule has 0 N–H and O–H groups in total. The van der Waals surface area contributed by atoms with Crippen LogP contribution >= 0.6 is 0 Å². The molecule has 0 unspecified atom stereocenters. The van der Waals surface area contributed by atoms with E-state index in [1.165, 1.54) is 0 Å². The molecule has 8 heteroatoms. The van der Waals surface area contributed by atoms with Crippen LogP contribution in [0.25, 0.3) is 22.7 Å². The monoisotopic (exact) mass is 381 g/mol. The maximum atomic E-state index is 12.3. The largest absolute Gasteiger partial charge is 0.419 e. The van der Waals surface area contributed by atoms with E-state index in [1.807, 2.05) is 54.1 Å². The van der Waals surface area contributed by atoms with Crippen LogP contribution in [0.5, 0.6) is 0 Å². The van der Waals surface area contributed by atoms with E-state index < -0.39 is 0 Å². The van der Waals surface area contributed by atoms with Gasteiger partial charge in [0, 0.05) is 18.7 Å². The molecule has 1 aliphatic rings. The number of hydrogen-bond donors (Lipinski definition) is 0. The van der Waals surface area contributed by atoms with Crippen LogP contribution in [0.2, 0.25) is 0 Å². The highest BCUT2D eigenvalue weighted by Crippen LogP contribution is 2.33. The minimum atomic E-state index is 0.140. The molecule has 0 atom stereocenters. The fourth-order valence-electron chi connectivity index (χ4n) is 3.42. The Morgan fingerprint density at radius 2 is 1.93 bits per heavy atom. The van der Waals surface area contributed by atoms with Crippen molar-refractivity contribution in [2.75, 3.05) is 26.7 Å². The second kappa shape index (κ2) is 7.93. The van der Waals surface area contributed by atoms with Gasteiger partial charge in [-0.05, 0) is 26.8 Å². The molecule has 1 aromatic carbocycles. The molecule has 1 aliphatic heterocycles. The smallest absolute Gasteiger partial charge is 0.253 e. The Balaban J connectivity index is 1.48. The third-order valence-electron chi connectivity index (χ3n) is 4.86. The maximum Gasteiger partial charge on any atom is 0.253 e. The van der Waals surface area contributed by atoms with Crippen molar-refractivity contribution in [2.24, 2.45) is 0 Å². The molecule has 28 heavy (non-hydrogen) atoms. The topological polar surface area (TPSA) is 88.5 Å². The summed E-state index contributed by atoms with van der Waals surface area (Å²) < 4.78 is 11.2. The lowest BCUT2D eigenvalue weighted by atomic mass is 10.1. The van der Waals surface area contributed by atoms with Gasteiger partial charge in [-0.25, -0.2) is 0 Å². The van der Waals surface area contributed by atoms with Gasteiger partial charge in [-0.3, -0.25) is 9.69 Å². The van der Waals surface area contributed by atoms with E-state index in [4.69, 9.17) is 8.94 Å². The Kier molecular flexibility index (Phi) is 5.21. The number of carbonyl (C=O) groups excluding carboxylic acids is 1. The van der Waals surface area contributed by atoms with E-state index >= 15 is 0 Å². The summed E-state index contributed by atoms with van der Waals surface area (Å²) in [7, 11) is 1.87. The van der Waals surface area contributed by atoms with Crippen LogP contribution < -0.4 is 0 Å². The molecule has 3 aromatic rings. The second-order valence-corrected chi connectivity index (χ2v) is 7.09. The van der Waals surface area contributed by atoms with E-state index in [0.717, 1.165) is 31.5 Å². The number of likely N-dealkylation sites (tertiary alicyclic amines) is 1. The molecular formula is C20H23N5O3. The highest BCUT2D eigenvalue weighted by atomic mass is 16.5. The molecule has 0 spiro atoms. The Hall–Kier alpha value is -3.00. The standard InChI is InChI=1S/C20H23N5O3/c1-14-18(19(23-28-14)15-8-4-3-5-9-15)20-22-21-16(27-20)12-24(2)13-17(26)25-10-6-7-11-25/h3-5,8-9H,6-7,10-13H2,1-2H3. The number of benzene rings is 1. The quantitative estimate of drug-likeness (QED) is 0.649. The van der Waals surface area contributed by atoms with E-state index in [-0.39, 0.29) is 5.91 Å². The first kappa shape index (κ1) is 18.4. The van der Waals surface area contributed by atoms with Gasteiger partial charge in [0.15, 0.2) is 0 Å². The molecule has 1 saturated heterocycles. The predicted molar refractivity (Wildman–Crippen MR) is 102 cm³/mol. The van der Waals surface area contributed by atoms with Gasteiger partial charge < -0.3 is 13.8 Å². The zero-order valence-electron chi connectivity index (χ0n) is 16.1. The van der Waals surface area contributed by atoms with Crippen molar-refractivity contribution in [2.45, 2.75) is 26.3 Å². The van der Waals surface area contributed by atoms with Crippen LogP contribution in [-0.4, -0.2) is 57.7 Å². The fourth-order valence-corrected chi connectivity index (χ4v) is 3.42.